The normalized spacial score (nSPS) is 14.2. The summed E-state index contributed by atoms with van der Waals surface area (Å²) in [7, 11) is 0. The number of rotatable bonds is 7. The molecule has 3 aromatic rings. The van der Waals surface area contributed by atoms with E-state index in [1.807, 2.05) is 73.3 Å². The number of benzene rings is 2. The summed E-state index contributed by atoms with van der Waals surface area (Å²) in [5, 5.41) is 6.83. The first-order valence-electron chi connectivity index (χ1n) is 11.0. The van der Waals surface area contributed by atoms with Crippen LogP contribution in [0.5, 0.6) is 11.5 Å². The largest absolute Gasteiger partial charge is 0.457 e. The van der Waals surface area contributed by atoms with Crippen molar-refractivity contribution in [2.45, 2.75) is 20.3 Å². The van der Waals surface area contributed by atoms with Crippen molar-refractivity contribution in [3.05, 3.63) is 71.6 Å². The Kier molecular flexibility index (Phi) is 7.04. The van der Waals surface area contributed by atoms with Crippen LogP contribution in [0.25, 0.3) is 0 Å². The zero-order chi connectivity index (χ0) is 23.2. The van der Waals surface area contributed by atoms with Crippen LogP contribution in [-0.4, -0.2) is 59.5 Å². The summed E-state index contributed by atoms with van der Waals surface area (Å²) in [5.41, 5.74) is 2.34. The highest BCUT2D eigenvalue weighted by Gasteiger charge is 2.24. The molecule has 1 aliphatic heterocycles. The summed E-state index contributed by atoms with van der Waals surface area (Å²) in [4.78, 5) is 29.0. The Labute approximate surface area is 193 Å². The average molecular weight is 449 g/mol. The van der Waals surface area contributed by atoms with Crippen LogP contribution in [-0.2, 0) is 16.0 Å². The van der Waals surface area contributed by atoms with E-state index >= 15 is 0 Å². The van der Waals surface area contributed by atoms with Gasteiger partial charge in [-0.25, -0.2) is 0 Å². The van der Waals surface area contributed by atoms with Gasteiger partial charge in [-0.3, -0.25) is 14.5 Å². The minimum absolute atomic E-state index is 0.0614. The summed E-state index contributed by atoms with van der Waals surface area (Å²) in [6.07, 6.45) is 0.297. The highest BCUT2D eigenvalue weighted by Crippen LogP contribution is 2.22. The fourth-order valence-electron chi connectivity index (χ4n) is 3.81. The van der Waals surface area contributed by atoms with Crippen LogP contribution in [0, 0.1) is 13.8 Å². The molecule has 1 fully saturated rings. The summed E-state index contributed by atoms with van der Waals surface area (Å²) < 4.78 is 10.9. The molecule has 0 radical (unpaired) electrons. The van der Waals surface area contributed by atoms with Gasteiger partial charge in [-0.1, -0.05) is 23.4 Å². The van der Waals surface area contributed by atoms with Crippen molar-refractivity contribution < 1.29 is 18.8 Å². The summed E-state index contributed by atoms with van der Waals surface area (Å²) >= 11 is 0. The number of carbonyl (C=O) groups excluding carboxylic acids is 2. The first-order valence-corrected chi connectivity index (χ1v) is 11.0. The number of para-hydroxylation sites is 1. The monoisotopic (exact) mass is 448 g/mol. The van der Waals surface area contributed by atoms with E-state index in [2.05, 4.69) is 15.4 Å². The summed E-state index contributed by atoms with van der Waals surface area (Å²) in [6, 6.07) is 16.8. The Hall–Kier alpha value is -3.65. The molecule has 1 N–H and O–H groups in total. The van der Waals surface area contributed by atoms with Gasteiger partial charge in [-0.15, -0.1) is 0 Å². The lowest BCUT2D eigenvalue weighted by Gasteiger charge is -2.34. The molecular formula is C25H28N4O4. The van der Waals surface area contributed by atoms with Gasteiger partial charge in [-0.2, -0.15) is 0 Å². The van der Waals surface area contributed by atoms with Crippen LogP contribution in [0.3, 0.4) is 0 Å². The minimum Gasteiger partial charge on any atom is -0.457 e. The molecule has 1 saturated heterocycles. The molecule has 2 amide bonds. The standard InChI is InChI=1S/C25H28N4O4/c1-18-23(19(2)33-27-18)16-25(31)29-14-12-28(13-15-29)17-24(30)26-20-8-10-22(11-9-20)32-21-6-4-3-5-7-21/h3-11H,12-17H2,1-2H3,(H,26,30). The van der Waals surface area contributed by atoms with Crippen LogP contribution < -0.4 is 10.1 Å². The third-order valence-corrected chi connectivity index (χ3v) is 5.72. The first kappa shape index (κ1) is 22.5. The second-order valence-corrected chi connectivity index (χ2v) is 8.12. The van der Waals surface area contributed by atoms with Gasteiger partial charge in [0.05, 0.1) is 18.7 Å². The summed E-state index contributed by atoms with van der Waals surface area (Å²) in [6.45, 7) is 6.47. The van der Waals surface area contributed by atoms with Gasteiger partial charge in [0, 0.05) is 37.4 Å². The molecule has 2 heterocycles. The number of nitrogens with one attached hydrogen (secondary N) is 1. The molecule has 0 aliphatic carbocycles. The van der Waals surface area contributed by atoms with E-state index in [1.165, 1.54) is 0 Å². The number of piperazine rings is 1. The van der Waals surface area contributed by atoms with Crippen molar-refractivity contribution in [2.75, 3.05) is 38.0 Å². The first-order chi connectivity index (χ1) is 16.0. The number of ether oxygens (including phenoxy) is 1. The fraction of sp³-hybridized carbons (Fsp3) is 0.320. The number of aromatic nitrogens is 1. The van der Waals surface area contributed by atoms with Gasteiger partial charge < -0.3 is 19.5 Å². The number of nitrogens with zero attached hydrogens (tertiary/aromatic N) is 3. The third-order valence-electron chi connectivity index (χ3n) is 5.72. The van der Waals surface area contributed by atoms with Gasteiger partial charge in [0.2, 0.25) is 11.8 Å². The van der Waals surface area contributed by atoms with Crippen molar-refractivity contribution in [2.24, 2.45) is 0 Å². The Morgan fingerprint density at radius 1 is 0.970 bits per heavy atom. The molecular weight excluding hydrogens is 420 g/mol. The molecule has 8 nitrogen and oxygen atoms in total. The lowest BCUT2D eigenvalue weighted by Crippen LogP contribution is -2.50. The second kappa shape index (κ2) is 10.3. The molecule has 0 unspecified atom stereocenters. The van der Waals surface area contributed by atoms with Crippen LogP contribution >= 0.6 is 0 Å². The van der Waals surface area contributed by atoms with E-state index in [1.54, 1.807) is 0 Å². The number of hydrogen-bond donors (Lipinski definition) is 1. The van der Waals surface area contributed by atoms with E-state index in [-0.39, 0.29) is 18.4 Å². The molecule has 1 aromatic heterocycles. The minimum atomic E-state index is -0.0813. The molecule has 172 valence electrons. The summed E-state index contributed by atoms with van der Waals surface area (Å²) in [5.74, 6) is 2.14. The molecule has 1 aliphatic rings. The van der Waals surface area contributed by atoms with Gasteiger partial charge >= 0.3 is 0 Å². The zero-order valence-corrected chi connectivity index (χ0v) is 18.9. The lowest BCUT2D eigenvalue weighted by atomic mass is 10.1. The molecule has 2 aromatic carbocycles. The highest BCUT2D eigenvalue weighted by molar-refractivity contribution is 5.92. The second-order valence-electron chi connectivity index (χ2n) is 8.12. The molecule has 4 rings (SSSR count). The quantitative estimate of drug-likeness (QED) is 0.596. The maximum absolute atomic E-state index is 12.6. The number of hydrogen-bond acceptors (Lipinski definition) is 6. The van der Waals surface area contributed by atoms with Crippen LogP contribution in [0.15, 0.2) is 59.1 Å². The van der Waals surface area contributed by atoms with Crippen molar-refractivity contribution in [1.29, 1.82) is 0 Å². The molecule has 0 bridgehead atoms. The number of carbonyl (C=O) groups is 2. The van der Waals surface area contributed by atoms with Gasteiger partial charge in [-0.05, 0) is 50.2 Å². The third kappa shape index (κ3) is 5.98. The topological polar surface area (TPSA) is 87.9 Å². The Morgan fingerprint density at radius 2 is 1.64 bits per heavy atom. The van der Waals surface area contributed by atoms with E-state index in [0.717, 1.165) is 17.0 Å². The predicted molar refractivity (Wildman–Crippen MR) is 124 cm³/mol. The average Bonchev–Trinajstić information content (AvgIpc) is 3.13. The maximum atomic E-state index is 12.6. The van der Waals surface area contributed by atoms with Crippen molar-refractivity contribution in [1.82, 2.24) is 15.0 Å². The molecule has 0 saturated carbocycles. The predicted octanol–water partition coefficient (Wildman–Crippen LogP) is 3.41. The Bertz CT molecular complexity index is 1070. The number of amides is 2. The number of aryl methyl sites for hydroxylation is 2. The van der Waals surface area contributed by atoms with Crippen LogP contribution in [0.2, 0.25) is 0 Å². The molecule has 0 spiro atoms. The van der Waals surface area contributed by atoms with E-state index in [9.17, 15) is 9.59 Å². The molecule has 0 atom stereocenters. The lowest BCUT2D eigenvalue weighted by molar-refractivity contribution is -0.132. The van der Waals surface area contributed by atoms with Crippen molar-refractivity contribution >= 4 is 17.5 Å². The van der Waals surface area contributed by atoms with E-state index in [0.29, 0.717) is 49.8 Å². The number of anilines is 1. The highest BCUT2D eigenvalue weighted by atomic mass is 16.5. The SMILES string of the molecule is Cc1noc(C)c1CC(=O)N1CCN(CC(=O)Nc2ccc(Oc3ccccc3)cc2)CC1. The van der Waals surface area contributed by atoms with Crippen molar-refractivity contribution in [3.8, 4) is 11.5 Å². The van der Waals surface area contributed by atoms with Gasteiger partial charge in [0.15, 0.2) is 0 Å². The van der Waals surface area contributed by atoms with E-state index < -0.39 is 0 Å². The fourth-order valence-corrected chi connectivity index (χ4v) is 3.81. The van der Waals surface area contributed by atoms with Gasteiger partial charge in [0.1, 0.15) is 17.3 Å². The Balaban J connectivity index is 1.21. The molecule has 8 heteroatoms. The maximum Gasteiger partial charge on any atom is 0.238 e. The van der Waals surface area contributed by atoms with Crippen molar-refractivity contribution in [3.63, 3.8) is 0 Å². The van der Waals surface area contributed by atoms with Gasteiger partial charge in [0.25, 0.3) is 0 Å². The zero-order valence-electron chi connectivity index (χ0n) is 18.9. The Morgan fingerprint density at radius 3 is 2.27 bits per heavy atom. The smallest absolute Gasteiger partial charge is 0.238 e. The molecule has 33 heavy (non-hydrogen) atoms. The van der Waals surface area contributed by atoms with E-state index in [4.69, 9.17) is 9.26 Å². The van der Waals surface area contributed by atoms with Crippen LogP contribution in [0.4, 0.5) is 5.69 Å². The van der Waals surface area contributed by atoms with Crippen LogP contribution in [0.1, 0.15) is 17.0 Å².